The number of rotatable bonds is 1. The summed E-state index contributed by atoms with van der Waals surface area (Å²) in [7, 11) is 0. The van der Waals surface area contributed by atoms with Crippen LogP contribution < -0.4 is 0 Å². The van der Waals surface area contributed by atoms with Gasteiger partial charge >= 0.3 is 0 Å². The molecule has 0 fully saturated rings. The van der Waals surface area contributed by atoms with Gasteiger partial charge in [0.2, 0.25) is 0 Å². The molecule has 0 heterocycles. The number of nitrogens with zero attached hydrogens (tertiary/aromatic N) is 1. The van der Waals surface area contributed by atoms with Crippen LogP contribution in [-0.4, -0.2) is 8.76 Å². The van der Waals surface area contributed by atoms with Crippen LogP contribution >= 0.6 is 0 Å². The molecule has 1 rings (SSSR count). The third-order valence-electron chi connectivity index (χ3n) is 1.53. The van der Waals surface area contributed by atoms with Crippen molar-refractivity contribution in [2.24, 2.45) is 0 Å². The molecule has 0 radical (unpaired) electrons. The molecule has 1 unspecified atom stereocenters. The maximum atomic E-state index is 12.7. The van der Waals surface area contributed by atoms with Crippen LogP contribution in [0.2, 0.25) is 0 Å². The molecule has 0 spiro atoms. The van der Waals surface area contributed by atoms with Gasteiger partial charge in [-0.15, -0.1) is 0 Å². The van der Waals surface area contributed by atoms with Crippen molar-refractivity contribution in [1.82, 2.24) is 0 Å². The zero-order valence-corrected chi connectivity index (χ0v) is 7.56. The highest BCUT2D eigenvalue weighted by atomic mass is 32.2. The second kappa shape index (κ2) is 3.64. The molecule has 0 saturated heterocycles. The van der Waals surface area contributed by atoms with Crippen molar-refractivity contribution in [1.29, 1.82) is 5.26 Å². The maximum Gasteiger partial charge on any atom is 0.188 e. The van der Waals surface area contributed by atoms with Gasteiger partial charge in [0.05, 0.1) is 10.5 Å². The predicted molar refractivity (Wildman–Crippen MR) is 44.9 cm³/mol. The molecule has 1 N–H and O–H groups in total. The van der Waals surface area contributed by atoms with Gasteiger partial charge in [-0.3, -0.25) is 0 Å². The van der Waals surface area contributed by atoms with Gasteiger partial charge in [0.15, 0.2) is 11.1 Å². The van der Waals surface area contributed by atoms with E-state index in [-0.39, 0.29) is 10.5 Å². The average molecular weight is 199 g/mol. The molecule has 5 heteroatoms. The summed E-state index contributed by atoms with van der Waals surface area (Å²) >= 11 is -2.25. The Kier molecular flexibility index (Phi) is 2.76. The monoisotopic (exact) mass is 199 g/mol. The Morgan fingerprint density at radius 2 is 2.23 bits per heavy atom. The summed E-state index contributed by atoms with van der Waals surface area (Å²) in [6, 6.07) is 3.72. The lowest BCUT2D eigenvalue weighted by atomic mass is 10.1. The van der Waals surface area contributed by atoms with Gasteiger partial charge in [0, 0.05) is 0 Å². The standard InChI is InChI=1S/C8H6FNO2S/c1-5-2-7(9)3-6(4-10)8(5)13(11)12/h2-3H,1H3,(H,11,12). The number of benzene rings is 1. The first-order chi connectivity index (χ1) is 6.06. The molecule has 1 atom stereocenters. The number of hydrogen-bond acceptors (Lipinski definition) is 2. The van der Waals surface area contributed by atoms with E-state index in [4.69, 9.17) is 9.81 Å². The van der Waals surface area contributed by atoms with E-state index in [1.807, 2.05) is 0 Å². The van der Waals surface area contributed by atoms with Crippen molar-refractivity contribution >= 4 is 11.1 Å². The Bertz CT molecular complexity index is 411. The SMILES string of the molecule is Cc1cc(F)cc(C#N)c1S(=O)O. The first-order valence-electron chi connectivity index (χ1n) is 3.37. The predicted octanol–water partition coefficient (Wildman–Crippen LogP) is 1.59. The van der Waals surface area contributed by atoms with Crippen molar-refractivity contribution in [2.75, 3.05) is 0 Å². The molecule has 68 valence electrons. The van der Waals surface area contributed by atoms with Crippen LogP contribution in [0.3, 0.4) is 0 Å². The molecule has 0 bridgehead atoms. The summed E-state index contributed by atoms with van der Waals surface area (Å²) in [5.41, 5.74) is 0.204. The molecule has 0 aliphatic carbocycles. The third-order valence-corrected chi connectivity index (χ3v) is 2.43. The average Bonchev–Trinajstić information content (AvgIpc) is 2.01. The lowest BCUT2D eigenvalue weighted by Crippen LogP contribution is -1.98. The number of halogens is 1. The maximum absolute atomic E-state index is 12.7. The molecule has 1 aromatic carbocycles. The molecule has 3 nitrogen and oxygen atoms in total. The number of aryl methyl sites for hydroxylation is 1. The quantitative estimate of drug-likeness (QED) is 0.698. The first kappa shape index (κ1) is 9.84. The highest BCUT2D eigenvalue weighted by molar-refractivity contribution is 7.79. The molecule has 0 aromatic heterocycles. The molecule has 13 heavy (non-hydrogen) atoms. The van der Waals surface area contributed by atoms with Gasteiger partial charge in [-0.25, -0.2) is 8.60 Å². The smallest absolute Gasteiger partial charge is 0.188 e. The number of hydrogen-bond donors (Lipinski definition) is 1. The van der Waals surface area contributed by atoms with Crippen LogP contribution in [0.25, 0.3) is 0 Å². The van der Waals surface area contributed by atoms with Crippen molar-refractivity contribution < 1.29 is 13.2 Å². The van der Waals surface area contributed by atoms with E-state index in [2.05, 4.69) is 0 Å². The summed E-state index contributed by atoms with van der Waals surface area (Å²) in [6.45, 7) is 1.48. The highest BCUT2D eigenvalue weighted by Crippen LogP contribution is 2.18. The minimum atomic E-state index is -2.25. The highest BCUT2D eigenvalue weighted by Gasteiger charge is 2.12. The van der Waals surface area contributed by atoms with Crippen molar-refractivity contribution in [3.8, 4) is 6.07 Å². The molecule has 0 amide bonds. The van der Waals surface area contributed by atoms with E-state index >= 15 is 0 Å². The summed E-state index contributed by atoms with van der Waals surface area (Å²) in [4.78, 5) is -0.0242. The summed E-state index contributed by atoms with van der Waals surface area (Å²) in [5.74, 6) is -0.580. The Morgan fingerprint density at radius 1 is 1.62 bits per heavy atom. The van der Waals surface area contributed by atoms with Crippen molar-refractivity contribution in [3.63, 3.8) is 0 Å². The van der Waals surface area contributed by atoms with Crippen LogP contribution in [-0.2, 0) is 11.1 Å². The Morgan fingerprint density at radius 3 is 2.69 bits per heavy atom. The van der Waals surface area contributed by atoms with Gasteiger partial charge in [-0.05, 0) is 24.6 Å². The van der Waals surface area contributed by atoms with E-state index in [0.29, 0.717) is 5.56 Å². The van der Waals surface area contributed by atoms with E-state index in [9.17, 15) is 8.60 Å². The van der Waals surface area contributed by atoms with Crippen LogP contribution in [0.5, 0.6) is 0 Å². The molecule has 0 saturated carbocycles. The molecular weight excluding hydrogens is 193 g/mol. The van der Waals surface area contributed by atoms with Gasteiger partial charge in [0.1, 0.15) is 11.9 Å². The second-order valence-electron chi connectivity index (χ2n) is 2.46. The minimum absolute atomic E-state index is 0.0242. The van der Waals surface area contributed by atoms with Crippen molar-refractivity contribution in [3.05, 3.63) is 29.1 Å². The normalized spacial score (nSPS) is 12.2. The lowest BCUT2D eigenvalue weighted by molar-refractivity contribution is 0.562. The minimum Gasteiger partial charge on any atom is -0.302 e. The van der Waals surface area contributed by atoms with Gasteiger partial charge in [-0.1, -0.05) is 0 Å². The largest absolute Gasteiger partial charge is 0.302 e. The first-order valence-corrected chi connectivity index (χ1v) is 4.48. The molecule has 1 aromatic rings. The molecule has 0 aliphatic rings. The second-order valence-corrected chi connectivity index (χ2v) is 3.37. The summed E-state index contributed by atoms with van der Waals surface area (Å²) < 4.78 is 32.3. The Balaban J connectivity index is 3.50. The topological polar surface area (TPSA) is 61.1 Å². The van der Waals surface area contributed by atoms with Crippen LogP contribution in [0, 0.1) is 24.1 Å². The van der Waals surface area contributed by atoms with E-state index in [0.717, 1.165) is 12.1 Å². The zero-order valence-electron chi connectivity index (χ0n) is 6.74. The fraction of sp³-hybridized carbons (Fsp3) is 0.125. The fourth-order valence-corrected chi connectivity index (χ4v) is 1.67. The lowest BCUT2D eigenvalue weighted by Gasteiger charge is -2.02. The molecular formula is C8H6FNO2S. The van der Waals surface area contributed by atoms with E-state index in [1.165, 1.54) is 6.92 Å². The van der Waals surface area contributed by atoms with Gasteiger partial charge in [-0.2, -0.15) is 5.26 Å². The van der Waals surface area contributed by atoms with Gasteiger partial charge < -0.3 is 4.55 Å². The zero-order chi connectivity index (χ0) is 10.0. The fourth-order valence-electron chi connectivity index (χ4n) is 1.04. The van der Waals surface area contributed by atoms with Crippen LogP contribution in [0.4, 0.5) is 4.39 Å². The summed E-state index contributed by atoms with van der Waals surface area (Å²) in [6.07, 6.45) is 0. The Hall–Kier alpha value is -1.25. The number of nitriles is 1. The molecule has 0 aliphatic heterocycles. The van der Waals surface area contributed by atoms with E-state index < -0.39 is 16.9 Å². The van der Waals surface area contributed by atoms with Crippen LogP contribution in [0.1, 0.15) is 11.1 Å². The van der Waals surface area contributed by atoms with Crippen molar-refractivity contribution in [2.45, 2.75) is 11.8 Å². The third kappa shape index (κ3) is 1.91. The summed E-state index contributed by atoms with van der Waals surface area (Å²) in [5, 5.41) is 8.55. The van der Waals surface area contributed by atoms with Gasteiger partial charge in [0.25, 0.3) is 0 Å². The van der Waals surface area contributed by atoms with Crippen LogP contribution in [0.15, 0.2) is 17.0 Å². The Labute approximate surface area is 77.1 Å². The van der Waals surface area contributed by atoms with E-state index in [1.54, 1.807) is 6.07 Å².